The molecule has 14 heavy (non-hydrogen) atoms. The number of benzene rings is 1. The normalized spacial score (nSPS) is 10.0. The molecule has 0 aliphatic rings. The number of fused-ring (bicyclic) bond motifs is 1. The quantitative estimate of drug-likeness (QED) is 0.714. The van der Waals surface area contributed by atoms with Crippen LogP contribution in [0.1, 0.15) is 5.69 Å². The van der Waals surface area contributed by atoms with Crippen molar-refractivity contribution in [3.63, 3.8) is 0 Å². The number of rotatable bonds is 2. The highest BCUT2D eigenvalue weighted by Gasteiger charge is 2.00. The zero-order chi connectivity index (χ0) is 9.97. The summed E-state index contributed by atoms with van der Waals surface area (Å²) in [5, 5.41) is 1.16. The maximum atomic E-state index is 5.24. The van der Waals surface area contributed by atoms with Crippen molar-refractivity contribution in [3.8, 4) is 18.1 Å². The molecule has 70 valence electrons. The van der Waals surface area contributed by atoms with Crippen molar-refractivity contribution in [3.05, 3.63) is 30.0 Å². The van der Waals surface area contributed by atoms with E-state index in [0.717, 1.165) is 22.3 Å². The molecule has 1 N–H and O–H groups in total. The van der Waals surface area contributed by atoms with Crippen LogP contribution in [0.4, 0.5) is 0 Å². The lowest BCUT2D eigenvalue weighted by Gasteiger charge is -1.97. The molecule has 0 spiro atoms. The molecule has 0 amide bonds. The van der Waals surface area contributed by atoms with Crippen molar-refractivity contribution in [2.24, 2.45) is 0 Å². The number of ether oxygens (including phenoxy) is 1. The van der Waals surface area contributed by atoms with Crippen molar-refractivity contribution in [2.75, 3.05) is 7.11 Å². The van der Waals surface area contributed by atoms with Gasteiger partial charge in [0.15, 0.2) is 0 Å². The molecule has 1 aromatic heterocycles. The first-order valence-electron chi connectivity index (χ1n) is 4.42. The summed E-state index contributed by atoms with van der Waals surface area (Å²) >= 11 is 0. The van der Waals surface area contributed by atoms with Crippen LogP contribution in [-0.4, -0.2) is 12.1 Å². The Hall–Kier alpha value is -1.88. The van der Waals surface area contributed by atoms with E-state index in [1.165, 1.54) is 0 Å². The minimum atomic E-state index is 0.636. The monoisotopic (exact) mass is 185 g/mol. The second kappa shape index (κ2) is 3.47. The molecule has 2 heteroatoms. The Morgan fingerprint density at radius 1 is 1.43 bits per heavy atom. The molecule has 0 aliphatic heterocycles. The smallest absolute Gasteiger partial charge is 0.120 e. The van der Waals surface area contributed by atoms with Crippen LogP contribution in [0.25, 0.3) is 10.9 Å². The summed E-state index contributed by atoms with van der Waals surface area (Å²) in [5.74, 6) is 3.46. The van der Waals surface area contributed by atoms with Gasteiger partial charge in [0.25, 0.3) is 0 Å². The van der Waals surface area contributed by atoms with Crippen molar-refractivity contribution >= 4 is 10.9 Å². The van der Waals surface area contributed by atoms with Crippen LogP contribution in [-0.2, 0) is 6.42 Å². The van der Waals surface area contributed by atoms with E-state index in [-0.39, 0.29) is 0 Å². The van der Waals surface area contributed by atoms with Crippen LogP contribution in [0.2, 0.25) is 0 Å². The first-order chi connectivity index (χ1) is 6.83. The molecule has 0 radical (unpaired) electrons. The van der Waals surface area contributed by atoms with Gasteiger partial charge in [-0.1, -0.05) is 0 Å². The van der Waals surface area contributed by atoms with Crippen molar-refractivity contribution in [1.29, 1.82) is 0 Å². The van der Waals surface area contributed by atoms with E-state index in [0.29, 0.717) is 6.42 Å². The number of aromatic nitrogens is 1. The van der Waals surface area contributed by atoms with Crippen molar-refractivity contribution < 1.29 is 4.74 Å². The zero-order valence-electron chi connectivity index (χ0n) is 8.00. The van der Waals surface area contributed by atoms with Crippen LogP contribution >= 0.6 is 0 Å². The topological polar surface area (TPSA) is 25.0 Å². The summed E-state index contributed by atoms with van der Waals surface area (Å²) in [6.07, 6.45) is 5.88. The lowest BCUT2D eigenvalue weighted by Crippen LogP contribution is -1.81. The number of terminal acetylenes is 1. The first-order valence-corrected chi connectivity index (χ1v) is 4.42. The van der Waals surface area contributed by atoms with Gasteiger partial charge in [0.1, 0.15) is 5.75 Å². The molecule has 0 aliphatic carbocycles. The molecule has 0 saturated carbocycles. The van der Waals surface area contributed by atoms with E-state index in [2.05, 4.69) is 17.0 Å². The standard InChI is InChI=1S/C12H11NO/c1-3-4-10-7-9-5-6-11(14-2)8-12(9)13-10/h1,5-8,13H,4H2,2H3. The summed E-state index contributed by atoms with van der Waals surface area (Å²) in [7, 11) is 1.66. The lowest BCUT2D eigenvalue weighted by atomic mass is 10.2. The third-order valence-electron chi connectivity index (χ3n) is 2.18. The van der Waals surface area contributed by atoms with Crippen LogP contribution in [0.5, 0.6) is 5.75 Å². The van der Waals surface area contributed by atoms with Gasteiger partial charge in [-0.3, -0.25) is 0 Å². The second-order valence-electron chi connectivity index (χ2n) is 3.13. The molecular weight excluding hydrogens is 174 g/mol. The third kappa shape index (κ3) is 1.45. The first kappa shape index (κ1) is 8.71. The van der Waals surface area contributed by atoms with Crippen LogP contribution < -0.4 is 4.74 Å². The van der Waals surface area contributed by atoms with E-state index in [4.69, 9.17) is 11.2 Å². The van der Waals surface area contributed by atoms with Crippen LogP contribution in [0, 0.1) is 12.3 Å². The van der Waals surface area contributed by atoms with Gasteiger partial charge in [0.05, 0.1) is 7.11 Å². The maximum Gasteiger partial charge on any atom is 0.120 e. The van der Waals surface area contributed by atoms with Crippen LogP contribution in [0.15, 0.2) is 24.3 Å². The Morgan fingerprint density at radius 2 is 2.29 bits per heavy atom. The maximum absolute atomic E-state index is 5.24. The molecule has 0 unspecified atom stereocenters. The van der Waals surface area contributed by atoms with Gasteiger partial charge < -0.3 is 9.72 Å². The summed E-state index contributed by atoms with van der Waals surface area (Å²) in [6.45, 7) is 0. The molecule has 2 rings (SSSR count). The highest BCUT2D eigenvalue weighted by atomic mass is 16.5. The number of H-pyrrole nitrogens is 1. The van der Waals surface area contributed by atoms with Gasteiger partial charge >= 0.3 is 0 Å². The van der Waals surface area contributed by atoms with Gasteiger partial charge in [-0.15, -0.1) is 12.3 Å². The molecular formula is C12H11NO. The van der Waals surface area contributed by atoms with E-state index in [9.17, 15) is 0 Å². The minimum Gasteiger partial charge on any atom is -0.497 e. The summed E-state index contributed by atoms with van der Waals surface area (Å²) in [4.78, 5) is 3.25. The number of hydrogen-bond acceptors (Lipinski definition) is 1. The van der Waals surface area contributed by atoms with E-state index in [1.807, 2.05) is 18.2 Å². The largest absolute Gasteiger partial charge is 0.497 e. The van der Waals surface area contributed by atoms with Crippen molar-refractivity contribution in [1.82, 2.24) is 4.98 Å². The highest BCUT2D eigenvalue weighted by Crippen LogP contribution is 2.21. The Bertz CT molecular complexity index is 490. The molecule has 2 aromatic rings. The van der Waals surface area contributed by atoms with E-state index in [1.54, 1.807) is 7.11 Å². The number of nitrogens with one attached hydrogen (secondary N) is 1. The fraction of sp³-hybridized carbons (Fsp3) is 0.167. The SMILES string of the molecule is C#CCc1cc2ccc(OC)cc2[nH]1. The zero-order valence-corrected chi connectivity index (χ0v) is 8.00. The fourth-order valence-electron chi connectivity index (χ4n) is 1.50. The Balaban J connectivity index is 2.50. The predicted octanol–water partition coefficient (Wildman–Crippen LogP) is 2.35. The number of aromatic amines is 1. The average Bonchev–Trinajstić information content (AvgIpc) is 2.59. The van der Waals surface area contributed by atoms with E-state index < -0.39 is 0 Å². The van der Waals surface area contributed by atoms with Gasteiger partial charge in [0, 0.05) is 23.7 Å². The highest BCUT2D eigenvalue weighted by molar-refractivity contribution is 5.81. The Labute approximate surface area is 82.9 Å². The summed E-state index contributed by atoms with van der Waals surface area (Å²) < 4.78 is 5.13. The number of methoxy groups -OCH3 is 1. The van der Waals surface area contributed by atoms with Gasteiger partial charge in [-0.2, -0.15) is 0 Å². The Kier molecular flexibility index (Phi) is 2.16. The summed E-state index contributed by atoms with van der Waals surface area (Å²) in [6, 6.07) is 7.99. The third-order valence-corrected chi connectivity index (χ3v) is 2.18. The van der Waals surface area contributed by atoms with Gasteiger partial charge in [-0.05, 0) is 23.6 Å². The minimum absolute atomic E-state index is 0.636. The predicted molar refractivity (Wildman–Crippen MR) is 57.4 cm³/mol. The summed E-state index contributed by atoms with van der Waals surface area (Å²) in [5.41, 5.74) is 2.13. The van der Waals surface area contributed by atoms with Gasteiger partial charge in [0.2, 0.25) is 0 Å². The van der Waals surface area contributed by atoms with Crippen molar-refractivity contribution in [2.45, 2.75) is 6.42 Å². The fourth-order valence-corrected chi connectivity index (χ4v) is 1.50. The molecule has 0 atom stereocenters. The van der Waals surface area contributed by atoms with Crippen LogP contribution in [0.3, 0.4) is 0 Å². The number of hydrogen-bond donors (Lipinski definition) is 1. The Morgan fingerprint density at radius 3 is 3.00 bits per heavy atom. The molecule has 1 heterocycles. The molecule has 0 fully saturated rings. The second-order valence-corrected chi connectivity index (χ2v) is 3.13. The van der Waals surface area contributed by atoms with E-state index >= 15 is 0 Å². The molecule has 0 bridgehead atoms. The average molecular weight is 185 g/mol. The lowest BCUT2D eigenvalue weighted by molar-refractivity contribution is 0.415. The molecule has 1 aromatic carbocycles. The molecule has 0 saturated heterocycles. The van der Waals surface area contributed by atoms with Gasteiger partial charge in [-0.25, -0.2) is 0 Å². The molecule has 2 nitrogen and oxygen atoms in total.